The van der Waals surface area contributed by atoms with Gasteiger partial charge in [0.25, 0.3) is 0 Å². The van der Waals surface area contributed by atoms with Crippen molar-refractivity contribution in [3.05, 3.63) is 0 Å². The number of amides is 3. The first kappa shape index (κ1) is 14.6. The van der Waals surface area contributed by atoms with Crippen LogP contribution in [0.15, 0.2) is 0 Å². The van der Waals surface area contributed by atoms with Gasteiger partial charge in [-0.2, -0.15) is 0 Å². The van der Waals surface area contributed by atoms with Crippen molar-refractivity contribution in [3.8, 4) is 0 Å². The molecule has 112 valence electrons. The minimum atomic E-state index is -1.08. The van der Waals surface area contributed by atoms with Crippen molar-refractivity contribution in [1.82, 2.24) is 15.1 Å². The molecule has 2 aliphatic rings. The molecule has 2 rings (SSSR count). The zero-order valence-electron chi connectivity index (χ0n) is 11.7. The molecule has 1 saturated carbocycles. The van der Waals surface area contributed by atoms with Gasteiger partial charge >= 0.3 is 12.0 Å². The van der Waals surface area contributed by atoms with Crippen LogP contribution in [0.2, 0.25) is 0 Å². The van der Waals surface area contributed by atoms with Gasteiger partial charge < -0.3 is 15.3 Å². The SMILES string of the molecule is CCCN(CC1CC1)C(=O)N1CC(=O)NCC1C(=O)O. The van der Waals surface area contributed by atoms with Gasteiger partial charge in [0.15, 0.2) is 0 Å². The van der Waals surface area contributed by atoms with Crippen LogP contribution in [0.1, 0.15) is 26.2 Å². The van der Waals surface area contributed by atoms with Crippen LogP contribution in [0.4, 0.5) is 4.79 Å². The van der Waals surface area contributed by atoms with Crippen molar-refractivity contribution in [3.63, 3.8) is 0 Å². The van der Waals surface area contributed by atoms with Gasteiger partial charge in [-0.1, -0.05) is 6.92 Å². The quantitative estimate of drug-likeness (QED) is 0.749. The Morgan fingerprint density at radius 3 is 2.70 bits per heavy atom. The monoisotopic (exact) mass is 283 g/mol. The van der Waals surface area contributed by atoms with Crippen molar-refractivity contribution >= 4 is 17.9 Å². The lowest BCUT2D eigenvalue weighted by Gasteiger charge is -2.36. The number of nitrogens with zero attached hydrogens (tertiary/aromatic N) is 2. The largest absolute Gasteiger partial charge is 0.480 e. The van der Waals surface area contributed by atoms with E-state index in [9.17, 15) is 19.5 Å². The summed E-state index contributed by atoms with van der Waals surface area (Å²) in [5, 5.41) is 11.7. The smallest absolute Gasteiger partial charge is 0.328 e. The van der Waals surface area contributed by atoms with Crippen molar-refractivity contribution in [1.29, 1.82) is 0 Å². The second-order valence-electron chi connectivity index (χ2n) is 5.46. The summed E-state index contributed by atoms with van der Waals surface area (Å²) in [6.45, 7) is 3.03. The molecular formula is C13H21N3O4. The number of carbonyl (C=O) groups excluding carboxylic acids is 2. The van der Waals surface area contributed by atoms with E-state index in [1.54, 1.807) is 4.90 Å². The molecule has 3 amide bonds. The zero-order chi connectivity index (χ0) is 14.7. The van der Waals surface area contributed by atoms with Crippen molar-refractivity contribution in [2.24, 2.45) is 5.92 Å². The normalized spacial score (nSPS) is 22.4. The number of carboxylic acids is 1. The number of nitrogens with one attached hydrogen (secondary N) is 1. The fourth-order valence-electron chi connectivity index (χ4n) is 2.39. The van der Waals surface area contributed by atoms with Gasteiger partial charge in [0, 0.05) is 19.6 Å². The molecule has 1 heterocycles. The van der Waals surface area contributed by atoms with Gasteiger partial charge in [-0.25, -0.2) is 9.59 Å². The molecule has 7 heteroatoms. The van der Waals surface area contributed by atoms with E-state index in [1.807, 2.05) is 6.92 Å². The van der Waals surface area contributed by atoms with E-state index in [1.165, 1.54) is 4.90 Å². The van der Waals surface area contributed by atoms with Crippen LogP contribution in [0, 0.1) is 5.92 Å². The molecule has 1 aliphatic heterocycles. The molecule has 0 aromatic carbocycles. The van der Waals surface area contributed by atoms with E-state index in [4.69, 9.17) is 0 Å². The van der Waals surface area contributed by atoms with Crippen LogP contribution in [0.5, 0.6) is 0 Å². The third-order valence-corrected chi connectivity index (χ3v) is 3.65. The van der Waals surface area contributed by atoms with Gasteiger partial charge in [-0.05, 0) is 25.2 Å². The molecule has 0 radical (unpaired) electrons. The summed E-state index contributed by atoms with van der Waals surface area (Å²) in [7, 11) is 0. The molecule has 1 aliphatic carbocycles. The highest BCUT2D eigenvalue weighted by Gasteiger charge is 2.38. The highest BCUT2D eigenvalue weighted by atomic mass is 16.4. The highest BCUT2D eigenvalue weighted by molar-refractivity contribution is 5.90. The Morgan fingerprint density at radius 2 is 2.15 bits per heavy atom. The van der Waals surface area contributed by atoms with Gasteiger partial charge in [0.05, 0.1) is 0 Å². The maximum Gasteiger partial charge on any atom is 0.328 e. The Morgan fingerprint density at radius 1 is 1.45 bits per heavy atom. The van der Waals surface area contributed by atoms with E-state index in [-0.39, 0.29) is 25.0 Å². The van der Waals surface area contributed by atoms with Gasteiger partial charge in [0.1, 0.15) is 12.6 Å². The number of carboxylic acid groups (broad SMARTS) is 1. The molecular weight excluding hydrogens is 262 g/mol. The summed E-state index contributed by atoms with van der Waals surface area (Å²) < 4.78 is 0. The van der Waals surface area contributed by atoms with E-state index >= 15 is 0 Å². The average molecular weight is 283 g/mol. The average Bonchev–Trinajstić information content (AvgIpc) is 3.21. The molecule has 0 spiro atoms. The number of aliphatic carboxylic acids is 1. The van der Waals surface area contributed by atoms with Crippen LogP contribution in [-0.4, -0.2) is 65.0 Å². The molecule has 0 aromatic rings. The maximum absolute atomic E-state index is 12.5. The van der Waals surface area contributed by atoms with Crippen molar-refractivity contribution < 1.29 is 19.5 Å². The summed E-state index contributed by atoms with van der Waals surface area (Å²) in [5.74, 6) is -0.854. The number of piperazine rings is 1. The van der Waals surface area contributed by atoms with Gasteiger partial charge in [-0.3, -0.25) is 9.69 Å². The van der Waals surface area contributed by atoms with Crippen LogP contribution in [0.25, 0.3) is 0 Å². The first-order valence-corrected chi connectivity index (χ1v) is 7.08. The van der Waals surface area contributed by atoms with Crippen LogP contribution < -0.4 is 5.32 Å². The zero-order valence-corrected chi connectivity index (χ0v) is 11.7. The lowest BCUT2D eigenvalue weighted by atomic mass is 10.2. The number of urea groups is 1. The maximum atomic E-state index is 12.5. The number of hydrogen-bond donors (Lipinski definition) is 2. The number of hydrogen-bond acceptors (Lipinski definition) is 3. The molecule has 1 saturated heterocycles. The van der Waals surface area contributed by atoms with E-state index in [0.717, 1.165) is 19.3 Å². The fraction of sp³-hybridized carbons (Fsp3) is 0.769. The second-order valence-corrected chi connectivity index (χ2v) is 5.46. The third-order valence-electron chi connectivity index (χ3n) is 3.65. The molecule has 0 bridgehead atoms. The minimum Gasteiger partial charge on any atom is -0.480 e. The predicted molar refractivity (Wildman–Crippen MR) is 71.1 cm³/mol. The Balaban J connectivity index is 2.08. The first-order chi connectivity index (χ1) is 9.52. The summed E-state index contributed by atoms with van der Waals surface area (Å²) in [5.41, 5.74) is 0. The van der Waals surface area contributed by atoms with E-state index < -0.39 is 12.0 Å². The molecule has 2 fully saturated rings. The van der Waals surface area contributed by atoms with Crippen LogP contribution in [0.3, 0.4) is 0 Å². The Bertz CT molecular complexity index is 408. The predicted octanol–water partition coefficient (Wildman–Crippen LogP) is 0.113. The third kappa shape index (κ3) is 3.40. The van der Waals surface area contributed by atoms with Crippen molar-refractivity contribution in [2.75, 3.05) is 26.2 Å². The minimum absolute atomic E-state index is 0.0245. The standard InChI is InChI=1S/C13H21N3O4/c1-2-5-15(7-9-3-4-9)13(20)16-8-11(17)14-6-10(16)12(18)19/h9-10H,2-8H2,1H3,(H,14,17)(H,18,19). The van der Waals surface area contributed by atoms with Crippen molar-refractivity contribution in [2.45, 2.75) is 32.2 Å². The first-order valence-electron chi connectivity index (χ1n) is 7.08. The summed E-state index contributed by atoms with van der Waals surface area (Å²) in [6, 6.07) is -1.31. The molecule has 20 heavy (non-hydrogen) atoms. The Labute approximate surface area is 117 Å². The summed E-state index contributed by atoms with van der Waals surface area (Å²) in [4.78, 5) is 38.1. The van der Waals surface area contributed by atoms with Gasteiger partial charge in [-0.15, -0.1) is 0 Å². The van der Waals surface area contributed by atoms with E-state index in [0.29, 0.717) is 19.0 Å². The van der Waals surface area contributed by atoms with Gasteiger partial charge in [0.2, 0.25) is 5.91 Å². The number of rotatable bonds is 5. The molecule has 7 nitrogen and oxygen atoms in total. The summed E-state index contributed by atoms with van der Waals surface area (Å²) >= 11 is 0. The molecule has 1 unspecified atom stereocenters. The highest BCUT2D eigenvalue weighted by Crippen LogP contribution is 2.30. The van der Waals surface area contributed by atoms with Crippen LogP contribution in [-0.2, 0) is 9.59 Å². The molecule has 0 aromatic heterocycles. The number of carbonyl (C=O) groups is 3. The molecule has 2 N–H and O–H groups in total. The van der Waals surface area contributed by atoms with E-state index in [2.05, 4.69) is 5.32 Å². The summed E-state index contributed by atoms with van der Waals surface area (Å²) in [6.07, 6.45) is 3.06. The lowest BCUT2D eigenvalue weighted by molar-refractivity contribution is -0.144. The Kier molecular flexibility index (Phi) is 4.46. The fourth-order valence-corrected chi connectivity index (χ4v) is 2.39. The lowest BCUT2D eigenvalue weighted by Crippen LogP contribution is -2.62. The molecule has 1 atom stereocenters. The Hall–Kier alpha value is -1.79. The second kappa shape index (κ2) is 6.11. The van der Waals surface area contributed by atoms with Crippen LogP contribution >= 0.6 is 0 Å². The topological polar surface area (TPSA) is 90.0 Å².